The Balaban J connectivity index is 1.68. The minimum atomic E-state index is -0.751. The number of carbonyl (C=O) groups is 1. The molecule has 1 aromatic carbocycles. The second kappa shape index (κ2) is 8.73. The fourth-order valence-electron chi connectivity index (χ4n) is 3.37. The van der Waals surface area contributed by atoms with Gasteiger partial charge < -0.3 is 14.4 Å². The Morgan fingerprint density at radius 3 is 2.75 bits per heavy atom. The molecule has 1 aliphatic heterocycles. The van der Waals surface area contributed by atoms with Crippen LogP contribution in [0.5, 0.6) is 5.75 Å². The lowest BCUT2D eigenvalue weighted by Gasteiger charge is -2.37. The van der Waals surface area contributed by atoms with Crippen LogP contribution in [0.15, 0.2) is 29.2 Å². The summed E-state index contributed by atoms with van der Waals surface area (Å²) in [6, 6.07) is 3.26. The first kappa shape index (κ1) is 22.0. The van der Waals surface area contributed by atoms with E-state index in [1.807, 2.05) is 0 Å². The summed E-state index contributed by atoms with van der Waals surface area (Å²) in [6.07, 6.45) is 1.51. The molecular weight excluding hydrogens is 444 g/mol. The SMILES string of the molecule is COCCN1Cn2cc(-c3nnc(Cc4ccc(F)cc4F)s3)c(=O)c(O)c2C(=O)N1C. The van der Waals surface area contributed by atoms with Gasteiger partial charge in [0.25, 0.3) is 5.91 Å². The van der Waals surface area contributed by atoms with Gasteiger partial charge in [0.15, 0.2) is 16.5 Å². The molecule has 2 aromatic heterocycles. The van der Waals surface area contributed by atoms with Crippen LogP contribution in [0, 0.1) is 11.6 Å². The average Bonchev–Trinajstić information content (AvgIpc) is 3.22. The Morgan fingerprint density at radius 2 is 2.03 bits per heavy atom. The Hall–Kier alpha value is -3.22. The summed E-state index contributed by atoms with van der Waals surface area (Å²) in [4.78, 5) is 25.5. The minimum absolute atomic E-state index is 0.0656. The molecule has 9 nitrogen and oxygen atoms in total. The summed E-state index contributed by atoms with van der Waals surface area (Å²) >= 11 is 1.05. The van der Waals surface area contributed by atoms with Gasteiger partial charge in [0.1, 0.15) is 16.6 Å². The molecule has 0 fully saturated rings. The average molecular weight is 463 g/mol. The van der Waals surface area contributed by atoms with E-state index in [1.165, 1.54) is 21.8 Å². The third-order valence-electron chi connectivity index (χ3n) is 5.10. The molecule has 0 radical (unpaired) electrons. The van der Waals surface area contributed by atoms with Crippen molar-refractivity contribution in [3.05, 3.63) is 62.5 Å². The first-order valence-electron chi connectivity index (χ1n) is 9.55. The number of hydrazine groups is 1. The molecule has 0 bridgehead atoms. The molecule has 0 saturated heterocycles. The molecule has 0 saturated carbocycles. The highest BCUT2D eigenvalue weighted by Gasteiger charge is 2.32. The molecule has 0 atom stereocenters. The summed E-state index contributed by atoms with van der Waals surface area (Å²) in [5, 5.41) is 22.1. The van der Waals surface area contributed by atoms with Gasteiger partial charge in [-0.2, -0.15) is 5.01 Å². The van der Waals surface area contributed by atoms with Gasteiger partial charge in [-0.25, -0.2) is 8.78 Å². The van der Waals surface area contributed by atoms with E-state index in [2.05, 4.69) is 10.2 Å². The molecule has 1 amide bonds. The first-order chi connectivity index (χ1) is 15.3. The number of benzene rings is 1. The third kappa shape index (κ3) is 3.99. The fraction of sp³-hybridized carbons (Fsp3) is 0.300. The van der Waals surface area contributed by atoms with Gasteiger partial charge in [-0.05, 0) is 11.6 Å². The Morgan fingerprint density at radius 1 is 1.25 bits per heavy atom. The number of ether oxygens (including phenoxy) is 1. The molecule has 1 N–H and O–H groups in total. The van der Waals surface area contributed by atoms with Crippen LogP contribution in [0.25, 0.3) is 10.6 Å². The van der Waals surface area contributed by atoms with Crippen molar-refractivity contribution in [2.75, 3.05) is 27.3 Å². The highest BCUT2D eigenvalue weighted by atomic mass is 32.1. The van der Waals surface area contributed by atoms with E-state index in [4.69, 9.17) is 4.74 Å². The quantitative estimate of drug-likeness (QED) is 0.595. The first-order valence-corrected chi connectivity index (χ1v) is 10.4. The van der Waals surface area contributed by atoms with E-state index >= 15 is 0 Å². The van der Waals surface area contributed by atoms with E-state index in [0.717, 1.165) is 23.5 Å². The van der Waals surface area contributed by atoms with Crippen molar-refractivity contribution in [2.45, 2.75) is 13.1 Å². The lowest BCUT2D eigenvalue weighted by molar-refractivity contribution is -0.0396. The van der Waals surface area contributed by atoms with Gasteiger partial charge in [-0.15, -0.1) is 10.2 Å². The van der Waals surface area contributed by atoms with Crippen LogP contribution in [0.4, 0.5) is 8.78 Å². The van der Waals surface area contributed by atoms with Crippen LogP contribution in [0.1, 0.15) is 21.1 Å². The maximum absolute atomic E-state index is 13.9. The predicted octanol–water partition coefficient (Wildman–Crippen LogP) is 1.85. The van der Waals surface area contributed by atoms with Gasteiger partial charge >= 0.3 is 0 Å². The van der Waals surface area contributed by atoms with E-state index in [0.29, 0.717) is 18.2 Å². The lowest BCUT2D eigenvalue weighted by atomic mass is 10.1. The summed E-state index contributed by atoms with van der Waals surface area (Å²) in [6.45, 7) is 1.01. The maximum Gasteiger partial charge on any atom is 0.288 e. The number of amides is 1. The van der Waals surface area contributed by atoms with Crippen LogP contribution in [0.2, 0.25) is 0 Å². The summed E-state index contributed by atoms with van der Waals surface area (Å²) in [7, 11) is 3.09. The third-order valence-corrected chi connectivity index (χ3v) is 6.06. The minimum Gasteiger partial charge on any atom is -0.503 e. The van der Waals surface area contributed by atoms with E-state index in [-0.39, 0.29) is 34.9 Å². The molecule has 0 unspecified atom stereocenters. The van der Waals surface area contributed by atoms with Crippen LogP contribution in [0.3, 0.4) is 0 Å². The number of aromatic nitrogens is 3. The zero-order valence-corrected chi connectivity index (χ0v) is 18.0. The van der Waals surface area contributed by atoms with Crippen molar-refractivity contribution in [2.24, 2.45) is 0 Å². The number of nitrogens with zero attached hydrogens (tertiary/aromatic N) is 5. The highest BCUT2D eigenvalue weighted by molar-refractivity contribution is 7.14. The summed E-state index contributed by atoms with van der Waals surface area (Å²) < 4.78 is 33.6. The second-order valence-electron chi connectivity index (χ2n) is 7.15. The zero-order chi connectivity index (χ0) is 23.0. The second-order valence-corrected chi connectivity index (χ2v) is 8.21. The van der Waals surface area contributed by atoms with Gasteiger partial charge in [0.05, 0.1) is 18.8 Å². The Bertz CT molecular complexity index is 1250. The summed E-state index contributed by atoms with van der Waals surface area (Å²) in [5.41, 5.74) is -0.563. The predicted molar refractivity (Wildman–Crippen MR) is 111 cm³/mol. The molecule has 32 heavy (non-hydrogen) atoms. The van der Waals surface area contributed by atoms with Crippen molar-refractivity contribution in [1.29, 1.82) is 0 Å². The zero-order valence-electron chi connectivity index (χ0n) is 17.2. The van der Waals surface area contributed by atoms with Crippen LogP contribution >= 0.6 is 11.3 Å². The Labute approximate surface area is 185 Å². The number of halogens is 2. The number of carbonyl (C=O) groups excluding carboxylic acids is 1. The van der Waals surface area contributed by atoms with Gasteiger partial charge in [-0.1, -0.05) is 17.4 Å². The van der Waals surface area contributed by atoms with Crippen molar-refractivity contribution >= 4 is 17.2 Å². The number of rotatable bonds is 6. The molecule has 0 spiro atoms. The molecular formula is C20H19F2N5O4S. The van der Waals surface area contributed by atoms with E-state index in [1.54, 1.807) is 19.2 Å². The number of methoxy groups -OCH3 is 1. The van der Waals surface area contributed by atoms with Gasteiger partial charge in [0, 0.05) is 39.4 Å². The highest BCUT2D eigenvalue weighted by Crippen LogP contribution is 2.28. The van der Waals surface area contributed by atoms with Crippen molar-refractivity contribution in [3.8, 4) is 16.3 Å². The Kier molecular flexibility index (Phi) is 6.00. The number of fused-ring (bicyclic) bond motifs is 1. The number of pyridine rings is 1. The fourth-order valence-corrected chi connectivity index (χ4v) is 4.24. The lowest BCUT2D eigenvalue weighted by Crippen LogP contribution is -2.51. The molecule has 0 aliphatic carbocycles. The monoisotopic (exact) mass is 463 g/mol. The standard InChI is InChI=1S/C20H19F2N5O4S/c1-25-20(30)16-18(29)17(28)13(9-26(16)10-27(25)5-6-31-2)19-24-23-15(32-19)7-11-3-4-12(21)8-14(11)22/h3-4,8-9,29H,5-7,10H2,1-2H3. The maximum atomic E-state index is 13.9. The number of hydrogen-bond acceptors (Lipinski definition) is 8. The normalized spacial score (nSPS) is 14.1. The van der Waals surface area contributed by atoms with Crippen LogP contribution in [-0.4, -0.2) is 63.1 Å². The molecule has 168 valence electrons. The molecule has 1 aliphatic rings. The largest absolute Gasteiger partial charge is 0.503 e. The number of aromatic hydroxyl groups is 1. The van der Waals surface area contributed by atoms with E-state index < -0.39 is 28.7 Å². The van der Waals surface area contributed by atoms with E-state index in [9.17, 15) is 23.5 Å². The molecule has 4 rings (SSSR count). The number of hydrogen-bond donors (Lipinski definition) is 1. The van der Waals surface area contributed by atoms with Crippen LogP contribution in [-0.2, 0) is 17.8 Å². The molecule has 3 aromatic rings. The van der Waals surface area contributed by atoms with Gasteiger partial charge in [-0.3, -0.25) is 14.6 Å². The van der Waals surface area contributed by atoms with Gasteiger partial charge in [0.2, 0.25) is 5.43 Å². The molecule has 3 heterocycles. The van der Waals surface area contributed by atoms with Crippen LogP contribution < -0.4 is 5.43 Å². The van der Waals surface area contributed by atoms with Crippen molar-refractivity contribution in [1.82, 2.24) is 24.8 Å². The topological polar surface area (TPSA) is 101 Å². The van der Waals surface area contributed by atoms with Crippen molar-refractivity contribution < 1.29 is 23.4 Å². The molecule has 12 heteroatoms. The van der Waals surface area contributed by atoms with Crippen molar-refractivity contribution in [3.63, 3.8) is 0 Å². The smallest absolute Gasteiger partial charge is 0.288 e. The summed E-state index contributed by atoms with van der Waals surface area (Å²) in [5.74, 6) is -2.58.